The first-order chi connectivity index (χ1) is 17.1. The lowest BCUT2D eigenvalue weighted by Gasteiger charge is -2.39. The van der Waals surface area contributed by atoms with Gasteiger partial charge in [-0.2, -0.15) is 13.2 Å². The van der Waals surface area contributed by atoms with E-state index in [4.69, 9.17) is 0 Å². The Hall–Kier alpha value is -2.21. The molecule has 36 heavy (non-hydrogen) atoms. The first-order valence-corrected chi connectivity index (χ1v) is 12.6. The molecule has 0 radical (unpaired) electrons. The lowest BCUT2D eigenvalue weighted by molar-refractivity contribution is -0.123. The zero-order valence-corrected chi connectivity index (χ0v) is 20.3. The number of carbonyl (C=O) groups is 1. The van der Waals surface area contributed by atoms with Gasteiger partial charge in [-0.15, -0.1) is 0 Å². The summed E-state index contributed by atoms with van der Waals surface area (Å²) in [5.41, 5.74) is 7.28. The average Bonchev–Trinajstić information content (AvgIpc) is 3.58. The number of rotatable bonds is 6. The summed E-state index contributed by atoms with van der Waals surface area (Å²) < 4.78 is 56.2. The first kappa shape index (κ1) is 25.4. The van der Waals surface area contributed by atoms with Gasteiger partial charge >= 0.3 is 6.18 Å². The molecule has 3 heterocycles. The molecule has 0 bridgehead atoms. The summed E-state index contributed by atoms with van der Waals surface area (Å²) in [6.45, 7) is 4.45. The Morgan fingerprint density at radius 2 is 1.94 bits per heavy atom. The molecule has 4 unspecified atom stereocenters. The molecule has 0 aromatic heterocycles. The van der Waals surface area contributed by atoms with Gasteiger partial charge < -0.3 is 20.9 Å². The number of hydrogen-bond donors (Lipinski definition) is 5. The third kappa shape index (κ3) is 5.39. The number of halogens is 4. The molecule has 5 N–H and O–H groups in total. The number of nitrogens with one attached hydrogen (secondary N) is 5. The van der Waals surface area contributed by atoms with E-state index in [1.54, 1.807) is 12.1 Å². The number of nitrogens with zero attached hydrogens (tertiary/aromatic N) is 1. The van der Waals surface area contributed by atoms with E-state index in [1.807, 2.05) is 18.0 Å². The molecule has 2 saturated heterocycles. The van der Waals surface area contributed by atoms with Crippen LogP contribution in [0, 0.1) is 5.92 Å². The molecule has 5 rings (SSSR count). The van der Waals surface area contributed by atoms with Crippen molar-refractivity contribution < 1.29 is 22.4 Å². The highest BCUT2D eigenvalue weighted by molar-refractivity contribution is 5.81. The molecule has 1 aliphatic carbocycles. The van der Waals surface area contributed by atoms with Gasteiger partial charge in [0.1, 0.15) is 6.17 Å². The molecule has 1 aromatic carbocycles. The Morgan fingerprint density at radius 1 is 1.17 bits per heavy atom. The topological polar surface area (TPSA) is 80.5 Å². The number of piperidine rings is 1. The van der Waals surface area contributed by atoms with E-state index in [9.17, 15) is 22.4 Å². The van der Waals surface area contributed by atoms with Crippen LogP contribution < -0.4 is 26.8 Å². The standard InChI is InChI=1S/C25H34F4N6O/c1-13(25(27,28)29)23-15-4-3-5-18(30-19-8-9-35(2)12-17(19)26)16(15)10-20(31-23)21-11-22(34-33-21)32-24(36)14-6-7-14/h3-5,14,17,19-23,30-31,33-34H,1,6-12H2,2H3,(H,32,36)/t17-,19+,20?,21?,22?,23?/m0/s1. The second-order valence-electron chi connectivity index (χ2n) is 10.6. The highest BCUT2D eigenvalue weighted by atomic mass is 19.4. The largest absolute Gasteiger partial charge is 0.413 e. The summed E-state index contributed by atoms with van der Waals surface area (Å²) >= 11 is 0. The number of hydrogen-bond acceptors (Lipinski definition) is 6. The lowest BCUT2D eigenvalue weighted by atomic mass is 9.83. The molecule has 198 valence electrons. The van der Waals surface area contributed by atoms with Crippen LogP contribution in [0.15, 0.2) is 30.4 Å². The summed E-state index contributed by atoms with van der Waals surface area (Å²) in [6.07, 6.45) is -2.57. The zero-order chi connectivity index (χ0) is 25.6. The SMILES string of the molecule is C=C(C1NC(C2CC(NC(=O)C3CC3)NN2)Cc2c(N[C@@H]3CCN(C)C[C@@H]3F)cccc21)C(F)(F)F. The van der Waals surface area contributed by atoms with Gasteiger partial charge in [0.15, 0.2) is 0 Å². The van der Waals surface area contributed by atoms with Crippen molar-refractivity contribution in [3.05, 3.63) is 41.5 Å². The Bertz CT molecular complexity index is 999. The smallest absolute Gasteiger partial charge is 0.379 e. The summed E-state index contributed by atoms with van der Waals surface area (Å²) in [7, 11) is 1.87. The van der Waals surface area contributed by atoms with Gasteiger partial charge in [-0.25, -0.2) is 9.82 Å². The second-order valence-corrected chi connectivity index (χ2v) is 10.6. The second kappa shape index (κ2) is 9.92. The molecule has 11 heteroatoms. The van der Waals surface area contributed by atoms with Crippen LogP contribution in [0.1, 0.15) is 42.9 Å². The van der Waals surface area contributed by atoms with Crippen molar-refractivity contribution >= 4 is 11.6 Å². The minimum absolute atomic E-state index is 0.00520. The lowest BCUT2D eigenvalue weighted by Crippen LogP contribution is -2.53. The molecule has 1 aromatic rings. The number of hydrazine groups is 1. The zero-order valence-electron chi connectivity index (χ0n) is 20.3. The van der Waals surface area contributed by atoms with Crippen LogP contribution in [-0.2, 0) is 11.2 Å². The maximum atomic E-state index is 14.8. The van der Waals surface area contributed by atoms with Gasteiger partial charge in [-0.05, 0) is 49.9 Å². The maximum Gasteiger partial charge on any atom is 0.413 e. The van der Waals surface area contributed by atoms with Crippen LogP contribution in [0.3, 0.4) is 0 Å². The van der Waals surface area contributed by atoms with Crippen molar-refractivity contribution in [3.63, 3.8) is 0 Å². The van der Waals surface area contributed by atoms with E-state index in [-0.39, 0.29) is 30.1 Å². The number of anilines is 1. The van der Waals surface area contributed by atoms with Crippen molar-refractivity contribution in [2.75, 3.05) is 25.5 Å². The Kier molecular flexibility index (Phi) is 7.01. The maximum absolute atomic E-state index is 14.8. The quantitative estimate of drug-likeness (QED) is 0.299. The highest BCUT2D eigenvalue weighted by Gasteiger charge is 2.44. The van der Waals surface area contributed by atoms with Crippen LogP contribution in [0.25, 0.3) is 0 Å². The summed E-state index contributed by atoms with van der Waals surface area (Å²) in [5.74, 6) is 0.0724. The normalized spacial score (nSPS) is 33.1. The van der Waals surface area contributed by atoms with Crippen LogP contribution in [0.2, 0.25) is 0 Å². The highest BCUT2D eigenvalue weighted by Crippen LogP contribution is 2.41. The van der Waals surface area contributed by atoms with E-state index in [0.717, 1.165) is 24.9 Å². The predicted octanol–water partition coefficient (Wildman–Crippen LogP) is 2.53. The molecular formula is C25H34F4N6O. The van der Waals surface area contributed by atoms with Crippen LogP contribution in [0.5, 0.6) is 0 Å². The molecule has 1 amide bonds. The van der Waals surface area contributed by atoms with Gasteiger partial charge in [-0.3, -0.25) is 10.2 Å². The number of likely N-dealkylation sites (tertiary alicyclic amines) is 1. The van der Waals surface area contributed by atoms with E-state index < -0.39 is 30.0 Å². The van der Waals surface area contributed by atoms with E-state index >= 15 is 0 Å². The van der Waals surface area contributed by atoms with Crippen molar-refractivity contribution in [2.24, 2.45) is 5.92 Å². The van der Waals surface area contributed by atoms with Crippen molar-refractivity contribution in [3.8, 4) is 0 Å². The number of fused-ring (bicyclic) bond motifs is 1. The average molecular weight is 511 g/mol. The van der Waals surface area contributed by atoms with Crippen LogP contribution in [-0.4, -0.2) is 67.6 Å². The van der Waals surface area contributed by atoms with Crippen LogP contribution >= 0.6 is 0 Å². The predicted molar refractivity (Wildman–Crippen MR) is 129 cm³/mol. The molecule has 1 saturated carbocycles. The minimum atomic E-state index is -4.57. The Balaban J connectivity index is 1.38. The van der Waals surface area contributed by atoms with E-state index in [0.29, 0.717) is 37.1 Å². The molecule has 3 fully saturated rings. The molecule has 4 aliphatic rings. The first-order valence-electron chi connectivity index (χ1n) is 12.6. The minimum Gasteiger partial charge on any atom is -0.379 e. The molecule has 7 nitrogen and oxygen atoms in total. The van der Waals surface area contributed by atoms with Gasteiger partial charge in [0.05, 0.1) is 18.2 Å². The molecular weight excluding hydrogens is 476 g/mol. The molecule has 3 aliphatic heterocycles. The fourth-order valence-corrected chi connectivity index (χ4v) is 5.52. The summed E-state index contributed by atoms with van der Waals surface area (Å²) in [6, 6.07) is 3.10. The third-order valence-corrected chi connectivity index (χ3v) is 7.81. The number of benzene rings is 1. The Labute approximate surface area is 208 Å². The fourth-order valence-electron chi connectivity index (χ4n) is 5.52. The van der Waals surface area contributed by atoms with E-state index in [1.165, 1.54) is 0 Å². The number of amides is 1. The summed E-state index contributed by atoms with van der Waals surface area (Å²) in [4.78, 5) is 14.1. The molecule has 6 atom stereocenters. The van der Waals surface area contributed by atoms with Crippen LogP contribution in [0.4, 0.5) is 23.2 Å². The number of carbonyl (C=O) groups excluding carboxylic acids is 1. The molecule has 0 spiro atoms. The number of alkyl halides is 4. The van der Waals surface area contributed by atoms with Gasteiger partial charge in [0, 0.05) is 48.8 Å². The van der Waals surface area contributed by atoms with Gasteiger partial charge in [0.2, 0.25) is 5.91 Å². The Morgan fingerprint density at radius 3 is 2.64 bits per heavy atom. The van der Waals surface area contributed by atoms with Crippen molar-refractivity contribution in [1.29, 1.82) is 0 Å². The van der Waals surface area contributed by atoms with Gasteiger partial charge in [0.25, 0.3) is 0 Å². The summed E-state index contributed by atoms with van der Waals surface area (Å²) in [5, 5.41) is 9.44. The van der Waals surface area contributed by atoms with E-state index in [2.05, 4.69) is 33.4 Å². The van der Waals surface area contributed by atoms with Crippen molar-refractivity contribution in [2.45, 2.75) is 74.8 Å². The fraction of sp³-hybridized carbons (Fsp3) is 0.640. The third-order valence-electron chi connectivity index (χ3n) is 7.81. The van der Waals surface area contributed by atoms with Gasteiger partial charge in [-0.1, -0.05) is 18.7 Å². The van der Waals surface area contributed by atoms with Crippen molar-refractivity contribution in [1.82, 2.24) is 26.4 Å². The monoisotopic (exact) mass is 510 g/mol.